The van der Waals surface area contributed by atoms with Crippen LogP contribution < -0.4 is 19.9 Å². The van der Waals surface area contributed by atoms with Crippen molar-refractivity contribution in [3.8, 4) is 11.5 Å². The fourth-order valence-electron chi connectivity index (χ4n) is 2.24. The molecular weight excluding hydrogens is 292 g/mol. The minimum absolute atomic E-state index is 0.161. The molecule has 1 aromatic rings. The van der Waals surface area contributed by atoms with E-state index < -0.39 is 10.0 Å². The highest BCUT2D eigenvalue weighted by Crippen LogP contribution is 2.32. The number of benzene rings is 1. The largest absolute Gasteiger partial charge is 0.486 e. The molecule has 0 fully saturated rings. The number of nitrogens with two attached hydrogens (primary N) is 1. The SMILES string of the molecule is CC(C)CC(CN)NS(=O)(=O)c1ccc2c(c1)OCCO2. The third kappa shape index (κ3) is 4.09. The van der Waals surface area contributed by atoms with Crippen LogP contribution in [-0.2, 0) is 10.0 Å². The lowest BCUT2D eigenvalue weighted by Gasteiger charge is -2.21. The van der Waals surface area contributed by atoms with Crippen LogP contribution in [0.4, 0.5) is 0 Å². The highest BCUT2D eigenvalue weighted by Gasteiger charge is 2.22. The Balaban J connectivity index is 2.19. The smallest absolute Gasteiger partial charge is 0.241 e. The number of ether oxygens (including phenoxy) is 2. The quantitative estimate of drug-likeness (QED) is 0.821. The van der Waals surface area contributed by atoms with Crippen molar-refractivity contribution in [2.75, 3.05) is 19.8 Å². The number of fused-ring (bicyclic) bond motifs is 1. The molecule has 1 atom stereocenters. The average Bonchev–Trinajstić information content (AvgIpc) is 2.45. The predicted molar refractivity (Wildman–Crippen MR) is 80.1 cm³/mol. The summed E-state index contributed by atoms with van der Waals surface area (Å²) < 4.78 is 38.3. The molecule has 21 heavy (non-hydrogen) atoms. The van der Waals surface area contributed by atoms with E-state index in [9.17, 15) is 8.42 Å². The molecule has 1 aliphatic rings. The average molecular weight is 314 g/mol. The van der Waals surface area contributed by atoms with Crippen LogP contribution in [0.2, 0.25) is 0 Å². The summed E-state index contributed by atoms with van der Waals surface area (Å²) in [5, 5.41) is 0. The second kappa shape index (κ2) is 6.64. The molecule has 0 aromatic heterocycles. The van der Waals surface area contributed by atoms with Gasteiger partial charge in [-0.3, -0.25) is 0 Å². The maximum atomic E-state index is 12.4. The maximum Gasteiger partial charge on any atom is 0.241 e. The molecule has 0 saturated heterocycles. The number of hydrogen-bond acceptors (Lipinski definition) is 5. The molecule has 118 valence electrons. The van der Waals surface area contributed by atoms with Crippen molar-refractivity contribution in [3.05, 3.63) is 18.2 Å². The first-order valence-electron chi connectivity index (χ1n) is 7.04. The Morgan fingerprint density at radius 3 is 2.52 bits per heavy atom. The summed E-state index contributed by atoms with van der Waals surface area (Å²) in [7, 11) is -3.62. The van der Waals surface area contributed by atoms with Gasteiger partial charge in [0.05, 0.1) is 4.90 Å². The molecule has 0 amide bonds. The van der Waals surface area contributed by atoms with E-state index in [4.69, 9.17) is 15.2 Å². The molecule has 0 spiro atoms. The van der Waals surface area contributed by atoms with E-state index >= 15 is 0 Å². The monoisotopic (exact) mass is 314 g/mol. The van der Waals surface area contributed by atoms with Gasteiger partial charge in [0.25, 0.3) is 0 Å². The normalized spacial score (nSPS) is 16.0. The first kappa shape index (κ1) is 16.1. The van der Waals surface area contributed by atoms with E-state index in [2.05, 4.69) is 4.72 Å². The summed E-state index contributed by atoms with van der Waals surface area (Å²) in [6.45, 7) is 5.22. The van der Waals surface area contributed by atoms with E-state index in [1.165, 1.54) is 12.1 Å². The Labute approximate surface area is 125 Å². The Morgan fingerprint density at radius 1 is 1.24 bits per heavy atom. The zero-order valence-corrected chi connectivity index (χ0v) is 13.2. The van der Waals surface area contributed by atoms with Crippen molar-refractivity contribution < 1.29 is 17.9 Å². The van der Waals surface area contributed by atoms with Crippen LogP contribution in [-0.4, -0.2) is 34.2 Å². The first-order valence-corrected chi connectivity index (χ1v) is 8.52. The van der Waals surface area contributed by atoms with E-state index in [1.54, 1.807) is 6.07 Å². The Bertz CT molecular complexity index is 587. The molecule has 1 heterocycles. The second-order valence-corrected chi connectivity index (χ2v) is 7.20. The van der Waals surface area contributed by atoms with E-state index in [-0.39, 0.29) is 17.5 Å². The first-order chi connectivity index (χ1) is 9.92. The minimum atomic E-state index is -3.62. The lowest BCUT2D eigenvalue weighted by atomic mass is 10.1. The molecule has 7 heteroatoms. The lowest BCUT2D eigenvalue weighted by molar-refractivity contribution is 0.171. The van der Waals surface area contributed by atoms with Crippen LogP contribution in [0.1, 0.15) is 20.3 Å². The van der Waals surface area contributed by atoms with Gasteiger partial charge in [-0.15, -0.1) is 0 Å². The Morgan fingerprint density at radius 2 is 1.90 bits per heavy atom. The van der Waals surface area contributed by atoms with Crippen LogP contribution >= 0.6 is 0 Å². The van der Waals surface area contributed by atoms with Crippen LogP contribution in [0.25, 0.3) is 0 Å². The highest BCUT2D eigenvalue weighted by molar-refractivity contribution is 7.89. The lowest BCUT2D eigenvalue weighted by Crippen LogP contribution is -2.41. The molecule has 0 saturated carbocycles. The maximum absolute atomic E-state index is 12.4. The van der Waals surface area contributed by atoms with Gasteiger partial charge < -0.3 is 15.2 Å². The van der Waals surface area contributed by atoms with Gasteiger partial charge >= 0.3 is 0 Å². The number of rotatable bonds is 6. The van der Waals surface area contributed by atoms with E-state index in [0.29, 0.717) is 37.1 Å². The van der Waals surface area contributed by atoms with Gasteiger partial charge in [0.1, 0.15) is 13.2 Å². The molecule has 1 aromatic carbocycles. The molecule has 0 aliphatic carbocycles. The summed E-state index contributed by atoms with van der Waals surface area (Å²) in [4.78, 5) is 0.161. The van der Waals surface area contributed by atoms with Crippen molar-refractivity contribution in [2.24, 2.45) is 11.7 Å². The fourth-order valence-corrected chi connectivity index (χ4v) is 3.52. The summed E-state index contributed by atoms with van der Waals surface area (Å²) >= 11 is 0. The van der Waals surface area contributed by atoms with Crippen molar-refractivity contribution in [2.45, 2.75) is 31.2 Å². The third-order valence-electron chi connectivity index (χ3n) is 3.19. The summed E-state index contributed by atoms with van der Waals surface area (Å²) in [5.41, 5.74) is 5.65. The van der Waals surface area contributed by atoms with E-state index in [0.717, 1.165) is 0 Å². The fraction of sp³-hybridized carbons (Fsp3) is 0.571. The predicted octanol–water partition coefficient (Wildman–Crippen LogP) is 1.11. The molecule has 6 nitrogen and oxygen atoms in total. The Hall–Kier alpha value is -1.31. The molecular formula is C14H22N2O4S. The summed E-state index contributed by atoms with van der Waals surface area (Å²) in [5.74, 6) is 1.39. The van der Waals surface area contributed by atoms with Crippen LogP contribution in [0, 0.1) is 5.92 Å². The number of sulfonamides is 1. The van der Waals surface area contributed by atoms with Crippen LogP contribution in [0.3, 0.4) is 0 Å². The topological polar surface area (TPSA) is 90.7 Å². The number of hydrogen-bond donors (Lipinski definition) is 2. The van der Waals surface area contributed by atoms with Crippen LogP contribution in [0.5, 0.6) is 11.5 Å². The number of nitrogens with one attached hydrogen (secondary N) is 1. The van der Waals surface area contributed by atoms with Crippen LogP contribution in [0.15, 0.2) is 23.1 Å². The zero-order chi connectivity index (χ0) is 15.5. The minimum Gasteiger partial charge on any atom is -0.486 e. The van der Waals surface area contributed by atoms with Gasteiger partial charge in [-0.25, -0.2) is 13.1 Å². The van der Waals surface area contributed by atoms with Gasteiger partial charge in [0.2, 0.25) is 10.0 Å². The molecule has 0 bridgehead atoms. The van der Waals surface area contributed by atoms with Crippen molar-refractivity contribution >= 4 is 10.0 Å². The van der Waals surface area contributed by atoms with Crippen molar-refractivity contribution in [1.29, 1.82) is 0 Å². The molecule has 2 rings (SSSR count). The summed E-state index contributed by atoms with van der Waals surface area (Å²) in [6, 6.07) is 4.34. The zero-order valence-electron chi connectivity index (χ0n) is 12.3. The highest BCUT2D eigenvalue weighted by atomic mass is 32.2. The van der Waals surface area contributed by atoms with Gasteiger partial charge in [0.15, 0.2) is 11.5 Å². The summed E-state index contributed by atoms with van der Waals surface area (Å²) in [6.07, 6.45) is 0.695. The third-order valence-corrected chi connectivity index (χ3v) is 4.70. The van der Waals surface area contributed by atoms with E-state index in [1.807, 2.05) is 13.8 Å². The Kier molecular flexibility index (Phi) is 5.08. The van der Waals surface area contributed by atoms with Gasteiger partial charge in [0, 0.05) is 18.7 Å². The second-order valence-electron chi connectivity index (χ2n) is 5.49. The van der Waals surface area contributed by atoms with Gasteiger partial charge in [-0.2, -0.15) is 0 Å². The standard InChI is InChI=1S/C14H22N2O4S/c1-10(2)7-11(9-15)16-21(17,18)12-3-4-13-14(8-12)20-6-5-19-13/h3-4,8,10-11,16H,5-7,9,15H2,1-2H3. The van der Waals surface area contributed by atoms with Gasteiger partial charge in [-0.05, 0) is 24.5 Å². The molecule has 3 N–H and O–H groups in total. The molecule has 0 radical (unpaired) electrons. The van der Waals surface area contributed by atoms with Crippen molar-refractivity contribution in [3.63, 3.8) is 0 Å². The molecule has 1 unspecified atom stereocenters. The van der Waals surface area contributed by atoms with Crippen molar-refractivity contribution in [1.82, 2.24) is 4.72 Å². The molecule has 1 aliphatic heterocycles. The van der Waals surface area contributed by atoms with Gasteiger partial charge in [-0.1, -0.05) is 13.8 Å².